The number of hydrogen-bond acceptors (Lipinski definition) is 5. The Hall–Kier alpha value is -2.58. The molecule has 0 aromatic heterocycles. The van der Waals surface area contributed by atoms with Crippen LogP contribution in [0, 0.1) is 12.8 Å². The molecule has 162 valence electrons. The second-order valence-electron chi connectivity index (χ2n) is 7.44. The number of carbonyl (C=O) groups excluding carboxylic acids is 1. The van der Waals surface area contributed by atoms with Gasteiger partial charge < -0.3 is 14.8 Å². The van der Waals surface area contributed by atoms with E-state index in [0.717, 1.165) is 11.1 Å². The molecule has 0 radical (unpaired) electrons. The smallest absolute Gasteiger partial charge is 0.228 e. The molecule has 3 rings (SSSR count). The Balaban J connectivity index is 1.68. The molecule has 0 saturated carbocycles. The van der Waals surface area contributed by atoms with E-state index in [0.29, 0.717) is 36.6 Å². The van der Waals surface area contributed by atoms with Gasteiger partial charge in [-0.2, -0.15) is 0 Å². The van der Waals surface area contributed by atoms with Gasteiger partial charge in [-0.3, -0.25) is 4.79 Å². The third kappa shape index (κ3) is 5.12. The Morgan fingerprint density at radius 2 is 1.87 bits per heavy atom. The van der Waals surface area contributed by atoms with E-state index in [2.05, 4.69) is 5.32 Å². The zero-order chi connectivity index (χ0) is 21.7. The third-order valence-corrected chi connectivity index (χ3v) is 7.19. The molecule has 0 spiro atoms. The largest absolute Gasteiger partial charge is 0.493 e. The van der Waals surface area contributed by atoms with Crippen molar-refractivity contribution >= 4 is 21.6 Å². The number of nitrogens with zero attached hydrogens (tertiary/aromatic N) is 1. The molecule has 1 aliphatic heterocycles. The summed E-state index contributed by atoms with van der Waals surface area (Å²) in [5.74, 6) is 0.434. The molecule has 30 heavy (non-hydrogen) atoms. The van der Waals surface area contributed by atoms with Crippen LogP contribution in [0.15, 0.2) is 42.5 Å². The van der Waals surface area contributed by atoms with Crippen molar-refractivity contribution in [2.75, 3.05) is 32.6 Å². The van der Waals surface area contributed by atoms with Crippen molar-refractivity contribution in [2.45, 2.75) is 25.5 Å². The number of rotatable bonds is 7. The van der Waals surface area contributed by atoms with Gasteiger partial charge in [0.05, 0.1) is 25.9 Å². The summed E-state index contributed by atoms with van der Waals surface area (Å²) >= 11 is 0. The first-order valence-electron chi connectivity index (χ1n) is 9.89. The van der Waals surface area contributed by atoms with Crippen molar-refractivity contribution in [3.05, 3.63) is 53.6 Å². The van der Waals surface area contributed by atoms with Crippen molar-refractivity contribution in [1.82, 2.24) is 4.31 Å². The molecular formula is C22H28N2O5S. The molecule has 8 heteroatoms. The van der Waals surface area contributed by atoms with Crippen LogP contribution < -0.4 is 14.8 Å². The van der Waals surface area contributed by atoms with E-state index in [-0.39, 0.29) is 18.2 Å². The normalized spacial score (nSPS) is 17.4. The Morgan fingerprint density at radius 3 is 2.57 bits per heavy atom. The average Bonchev–Trinajstić information content (AvgIpc) is 2.75. The van der Waals surface area contributed by atoms with Crippen LogP contribution in [0.25, 0.3) is 0 Å². The van der Waals surface area contributed by atoms with Gasteiger partial charge in [0.1, 0.15) is 0 Å². The molecule has 1 saturated heterocycles. The van der Waals surface area contributed by atoms with Crippen LogP contribution in [0.2, 0.25) is 0 Å². The molecule has 1 amide bonds. The molecule has 1 heterocycles. The van der Waals surface area contributed by atoms with Gasteiger partial charge in [0.25, 0.3) is 0 Å². The lowest BCUT2D eigenvalue weighted by Crippen LogP contribution is -2.44. The highest BCUT2D eigenvalue weighted by Gasteiger charge is 2.32. The lowest BCUT2D eigenvalue weighted by molar-refractivity contribution is -0.120. The number of benzene rings is 2. The number of carbonyl (C=O) groups is 1. The second-order valence-corrected chi connectivity index (χ2v) is 9.41. The second kappa shape index (κ2) is 9.49. The van der Waals surface area contributed by atoms with Crippen molar-refractivity contribution in [2.24, 2.45) is 5.92 Å². The number of amides is 1. The summed E-state index contributed by atoms with van der Waals surface area (Å²) in [5.41, 5.74) is 2.31. The zero-order valence-electron chi connectivity index (χ0n) is 17.6. The molecule has 1 unspecified atom stereocenters. The summed E-state index contributed by atoms with van der Waals surface area (Å²) in [5, 5.41) is 2.87. The van der Waals surface area contributed by atoms with Crippen molar-refractivity contribution in [3.8, 4) is 11.5 Å². The highest BCUT2D eigenvalue weighted by atomic mass is 32.2. The average molecular weight is 433 g/mol. The van der Waals surface area contributed by atoms with Crippen molar-refractivity contribution < 1.29 is 22.7 Å². The molecule has 0 bridgehead atoms. The maximum absolute atomic E-state index is 13.0. The van der Waals surface area contributed by atoms with Gasteiger partial charge >= 0.3 is 0 Å². The van der Waals surface area contributed by atoms with Crippen LogP contribution in [0.5, 0.6) is 11.5 Å². The van der Waals surface area contributed by atoms with Crippen LogP contribution in [0.3, 0.4) is 0 Å². The van der Waals surface area contributed by atoms with Crippen LogP contribution in [-0.4, -0.2) is 45.9 Å². The molecule has 2 aromatic rings. The zero-order valence-corrected chi connectivity index (χ0v) is 18.4. The van der Waals surface area contributed by atoms with E-state index in [1.807, 2.05) is 31.2 Å². The monoisotopic (exact) mass is 432 g/mol. The van der Waals surface area contributed by atoms with E-state index in [4.69, 9.17) is 9.47 Å². The van der Waals surface area contributed by atoms with E-state index in [1.54, 1.807) is 25.3 Å². The van der Waals surface area contributed by atoms with Crippen LogP contribution in [0.1, 0.15) is 24.0 Å². The summed E-state index contributed by atoms with van der Waals surface area (Å²) in [6.45, 7) is 2.53. The molecule has 2 aromatic carbocycles. The van der Waals surface area contributed by atoms with Gasteiger partial charge in [-0.25, -0.2) is 12.7 Å². The molecule has 1 aliphatic rings. The number of methoxy groups -OCH3 is 2. The minimum absolute atomic E-state index is 0.0519. The first-order valence-corrected chi connectivity index (χ1v) is 11.5. The third-order valence-electron chi connectivity index (χ3n) is 5.40. The van der Waals surface area contributed by atoms with E-state index >= 15 is 0 Å². The van der Waals surface area contributed by atoms with Gasteiger partial charge in [-0.15, -0.1) is 0 Å². The summed E-state index contributed by atoms with van der Waals surface area (Å²) < 4.78 is 37.8. The highest BCUT2D eigenvalue weighted by Crippen LogP contribution is 2.30. The number of piperidine rings is 1. The summed E-state index contributed by atoms with van der Waals surface area (Å²) in [7, 11) is -0.426. The molecule has 7 nitrogen and oxygen atoms in total. The highest BCUT2D eigenvalue weighted by molar-refractivity contribution is 7.88. The SMILES string of the molecule is COc1ccc(NC(=O)C2CCCN(S(=O)(=O)Cc3ccccc3C)C2)cc1OC. The minimum atomic E-state index is -3.50. The lowest BCUT2D eigenvalue weighted by Gasteiger charge is -2.31. The number of nitrogens with one attached hydrogen (secondary N) is 1. The number of aryl methyl sites for hydroxylation is 1. The molecule has 1 atom stereocenters. The maximum atomic E-state index is 13.0. The first-order chi connectivity index (χ1) is 14.3. The van der Waals surface area contributed by atoms with Gasteiger partial charge in [0.2, 0.25) is 15.9 Å². The fourth-order valence-corrected chi connectivity index (χ4v) is 5.34. The Morgan fingerprint density at radius 1 is 1.13 bits per heavy atom. The maximum Gasteiger partial charge on any atom is 0.228 e. The predicted molar refractivity (Wildman–Crippen MR) is 116 cm³/mol. The molecule has 1 fully saturated rings. The number of hydrogen-bond donors (Lipinski definition) is 1. The van der Waals surface area contributed by atoms with Crippen molar-refractivity contribution in [3.63, 3.8) is 0 Å². The van der Waals surface area contributed by atoms with Gasteiger partial charge in [0.15, 0.2) is 11.5 Å². The molecular weight excluding hydrogens is 404 g/mol. The summed E-state index contributed by atoms with van der Waals surface area (Å²) in [6, 6.07) is 12.6. The van der Waals surface area contributed by atoms with Crippen LogP contribution in [-0.2, 0) is 20.6 Å². The summed E-state index contributed by atoms with van der Waals surface area (Å²) in [4.78, 5) is 12.8. The van der Waals surface area contributed by atoms with E-state index in [9.17, 15) is 13.2 Å². The summed E-state index contributed by atoms with van der Waals surface area (Å²) in [6.07, 6.45) is 1.30. The lowest BCUT2D eigenvalue weighted by atomic mass is 9.98. The van der Waals surface area contributed by atoms with E-state index < -0.39 is 15.9 Å². The van der Waals surface area contributed by atoms with Crippen LogP contribution in [0.4, 0.5) is 5.69 Å². The first kappa shape index (κ1) is 22.1. The Labute approximate surface area is 178 Å². The Kier molecular flexibility index (Phi) is 6.99. The topological polar surface area (TPSA) is 84.9 Å². The van der Waals surface area contributed by atoms with E-state index in [1.165, 1.54) is 11.4 Å². The van der Waals surface area contributed by atoms with Crippen molar-refractivity contribution in [1.29, 1.82) is 0 Å². The molecule has 1 N–H and O–H groups in total. The fourth-order valence-electron chi connectivity index (χ4n) is 3.63. The number of ether oxygens (including phenoxy) is 2. The standard InChI is InChI=1S/C22H28N2O5S/c1-16-7-4-5-8-18(16)15-30(26,27)24-12-6-9-17(14-24)22(25)23-19-10-11-20(28-2)21(13-19)29-3/h4-5,7-8,10-11,13,17H,6,9,12,14-15H2,1-3H3,(H,23,25). The fraction of sp³-hybridized carbons (Fsp3) is 0.409. The van der Waals surface area contributed by atoms with Gasteiger partial charge in [-0.05, 0) is 43.0 Å². The number of anilines is 1. The molecule has 0 aliphatic carbocycles. The number of sulfonamides is 1. The quantitative estimate of drug-likeness (QED) is 0.726. The minimum Gasteiger partial charge on any atom is -0.493 e. The Bertz CT molecular complexity index is 1010. The van der Waals surface area contributed by atoms with Crippen LogP contribution >= 0.6 is 0 Å². The predicted octanol–water partition coefficient (Wildman–Crippen LogP) is 3.19. The van der Waals surface area contributed by atoms with Gasteiger partial charge in [0, 0.05) is 24.8 Å². The van der Waals surface area contributed by atoms with Gasteiger partial charge in [-0.1, -0.05) is 24.3 Å².